The molecule has 1 aliphatic heterocycles. The Morgan fingerprint density at radius 2 is 2.29 bits per heavy atom. The second-order valence-electron chi connectivity index (χ2n) is 5.64. The molecule has 1 saturated heterocycles. The maximum Gasteiger partial charge on any atom is 0.249 e. The number of rotatable bonds is 6. The van der Waals surface area contributed by atoms with Crippen LogP contribution in [0.5, 0.6) is 0 Å². The highest BCUT2D eigenvalue weighted by molar-refractivity contribution is 6.31. The molecule has 3 rings (SSSR count). The Kier molecular flexibility index (Phi) is 5.10. The summed E-state index contributed by atoms with van der Waals surface area (Å²) >= 11 is 5.97. The molecule has 7 nitrogen and oxygen atoms in total. The number of benzene rings is 1. The SMILES string of the molecule is O=C(CCCn1cncn1)NC1CCN(c2cccc(Cl)c2)C1=O. The van der Waals surface area contributed by atoms with E-state index in [1.54, 1.807) is 34.1 Å². The molecule has 1 aliphatic rings. The molecule has 1 fully saturated rings. The first-order valence-corrected chi connectivity index (χ1v) is 8.20. The lowest BCUT2D eigenvalue weighted by atomic mass is 10.2. The van der Waals surface area contributed by atoms with Crippen LogP contribution in [0.1, 0.15) is 19.3 Å². The fourth-order valence-corrected chi connectivity index (χ4v) is 2.92. The summed E-state index contributed by atoms with van der Waals surface area (Å²) in [4.78, 5) is 30.0. The molecule has 1 atom stereocenters. The summed E-state index contributed by atoms with van der Waals surface area (Å²) in [7, 11) is 0. The lowest BCUT2D eigenvalue weighted by Gasteiger charge is -2.17. The number of aromatic nitrogens is 3. The van der Waals surface area contributed by atoms with E-state index >= 15 is 0 Å². The van der Waals surface area contributed by atoms with E-state index in [1.165, 1.54) is 6.33 Å². The van der Waals surface area contributed by atoms with Gasteiger partial charge in [0.1, 0.15) is 18.7 Å². The van der Waals surface area contributed by atoms with E-state index in [1.807, 2.05) is 6.07 Å². The Morgan fingerprint density at radius 1 is 1.42 bits per heavy atom. The number of anilines is 1. The molecule has 1 aromatic carbocycles. The topological polar surface area (TPSA) is 80.1 Å². The second kappa shape index (κ2) is 7.44. The van der Waals surface area contributed by atoms with Crippen molar-refractivity contribution in [2.45, 2.75) is 31.8 Å². The molecule has 8 heteroatoms. The minimum Gasteiger partial charge on any atom is -0.344 e. The number of amides is 2. The average Bonchev–Trinajstić information content (AvgIpc) is 3.18. The van der Waals surface area contributed by atoms with Gasteiger partial charge in [-0.1, -0.05) is 17.7 Å². The Hall–Kier alpha value is -2.41. The normalized spacial score (nSPS) is 17.3. The van der Waals surface area contributed by atoms with E-state index in [9.17, 15) is 9.59 Å². The molecule has 0 saturated carbocycles. The van der Waals surface area contributed by atoms with E-state index < -0.39 is 6.04 Å². The quantitative estimate of drug-likeness (QED) is 0.861. The zero-order valence-corrected chi connectivity index (χ0v) is 13.8. The summed E-state index contributed by atoms with van der Waals surface area (Å²) in [5.74, 6) is -0.219. The van der Waals surface area contributed by atoms with Gasteiger partial charge in [0.15, 0.2) is 0 Å². The van der Waals surface area contributed by atoms with Gasteiger partial charge in [0, 0.05) is 30.2 Å². The first-order chi connectivity index (χ1) is 11.6. The van der Waals surface area contributed by atoms with Gasteiger partial charge in [-0.2, -0.15) is 5.10 Å². The number of halogens is 1. The zero-order valence-electron chi connectivity index (χ0n) is 13.1. The molecular formula is C16H18ClN5O2. The maximum atomic E-state index is 12.5. The predicted octanol–water partition coefficient (Wildman–Crippen LogP) is 1.63. The highest BCUT2D eigenvalue weighted by atomic mass is 35.5. The van der Waals surface area contributed by atoms with E-state index in [4.69, 9.17) is 11.6 Å². The van der Waals surface area contributed by atoms with Crippen LogP contribution < -0.4 is 10.2 Å². The van der Waals surface area contributed by atoms with Crippen molar-refractivity contribution < 1.29 is 9.59 Å². The number of nitrogens with zero attached hydrogens (tertiary/aromatic N) is 4. The first kappa shape index (κ1) is 16.4. The van der Waals surface area contributed by atoms with Crippen molar-refractivity contribution in [3.05, 3.63) is 41.9 Å². The Bertz CT molecular complexity index is 719. The minimum atomic E-state index is -0.470. The third-order valence-corrected chi connectivity index (χ3v) is 4.15. The molecule has 0 bridgehead atoms. The molecule has 0 radical (unpaired) electrons. The fraction of sp³-hybridized carbons (Fsp3) is 0.375. The fourth-order valence-electron chi connectivity index (χ4n) is 2.73. The van der Waals surface area contributed by atoms with Gasteiger partial charge in [-0.25, -0.2) is 4.98 Å². The summed E-state index contributed by atoms with van der Waals surface area (Å²) in [5.41, 5.74) is 0.760. The van der Waals surface area contributed by atoms with Crippen LogP contribution in [0, 0.1) is 0 Å². The number of carbonyl (C=O) groups excluding carboxylic acids is 2. The van der Waals surface area contributed by atoms with Crippen molar-refractivity contribution in [2.24, 2.45) is 0 Å². The van der Waals surface area contributed by atoms with Gasteiger partial charge in [0.05, 0.1) is 0 Å². The molecule has 0 spiro atoms. The van der Waals surface area contributed by atoms with Gasteiger partial charge in [0.25, 0.3) is 0 Å². The van der Waals surface area contributed by atoms with Gasteiger partial charge in [-0.05, 0) is 31.0 Å². The molecule has 24 heavy (non-hydrogen) atoms. The monoisotopic (exact) mass is 347 g/mol. The van der Waals surface area contributed by atoms with E-state index in [-0.39, 0.29) is 11.8 Å². The molecule has 1 unspecified atom stereocenters. The van der Waals surface area contributed by atoms with Crippen LogP contribution in [0.25, 0.3) is 0 Å². The van der Waals surface area contributed by atoms with Crippen LogP contribution in [0.15, 0.2) is 36.9 Å². The van der Waals surface area contributed by atoms with Gasteiger partial charge >= 0.3 is 0 Å². The summed E-state index contributed by atoms with van der Waals surface area (Å²) in [6.07, 6.45) is 4.66. The minimum absolute atomic E-state index is 0.0955. The largest absolute Gasteiger partial charge is 0.344 e. The summed E-state index contributed by atoms with van der Waals surface area (Å²) in [5, 5.41) is 7.38. The van der Waals surface area contributed by atoms with Gasteiger partial charge in [0.2, 0.25) is 11.8 Å². The summed E-state index contributed by atoms with van der Waals surface area (Å²) in [6.45, 7) is 1.20. The van der Waals surface area contributed by atoms with Crippen molar-refractivity contribution in [3.63, 3.8) is 0 Å². The van der Waals surface area contributed by atoms with Gasteiger partial charge in [-0.15, -0.1) is 0 Å². The van der Waals surface area contributed by atoms with Crippen molar-refractivity contribution >= 4 is 29.1 Å². The smallest absolute Gasteiger partial charge is 0.249 e. The number of hydrogen-bond donors (Lipinski definition) is 1. The third kappa shape index (κ3) is 3.91. The summed E-state index contributed by atoms with van der Waals surface area (Å²) < 4.78 is 1.68. The van der Waals surface area contributed by atoms with Gasteiger partial charge in [-0.3, -0.25) is 14.3 Å². The Labute approximate surface area is 144 Å². The number of carbonyl (C=O) groups is 2. The highest BCUT2D eigenvalue weighted by Gasteiger charge is 2.33. The van der Waals surface area contributed by atoms with Crippen molar-refractivity contribution in [1.29, 1.82) is 0 Å². The predicted molar refractivity (Wildman–Crippen MR) is 89.6 cm³/mol. The standard InChI is InChI=1S/C16H18ClN5O2/c17-12-3-1-4-13(9-12)22-8-6-14(16(22)24)20-15(23)5-2-7-21-11-18-10-19-21/h1,3-4,9-11,14H,2,5-8H2,(H,20,23). The number of aryl methyl sites for hydroxylation is 1. The Balaban J connectivity index is 1.49. The molecule has 1 N–H and O–H groups in total. The number of nitrogens with one attached hydrogen (secondary N) is 1. The van der Waals surface area contributed by atoms with Crippen molar-refractivity contribution in [2.75, 3.05) is 11.4 Å². The molecule has 126 valence electrons. The second-order valence-corrected chi connectivity index (χ2v) is 6.08. The van der Waals surface area contributed by atoms with Crippen molar-refractivity contribution in [3.8, 4) is 0 Å². The van der Waals surface area contributed by atoms with Crippen LogP contribution >= 0.6 is 11.6 Å². The van der Waals surface area contributed by atoms with Crippen LogP contribution in [-0.4, -0.2) is 39.2 Å². The zero-order chi connectivity index (χ0) is 16.9. The lowest BCUT2D eigenvalue weighted by Crippen LogP contribution is -2.41. The maximum absolute atomic E-state index is 12.5. The van der Waals surface area contributed by atoms with Gasteiger partial charge < -0.3 is 10.2 Å². The van der Waals surface area contributed by atoms with E-state index in [0.29, 0.717) is 37.4 Å². The van der Waals surface area contributed by atoms with Crippen LogP contribution in [0.3, 0.4) is 0 Å². The molecular weight excluding hydrogens is 330 g/mol. The average molecular weight is 348 g/mol. The molecule has 1 aromatic heterocycles. The first-order valence-electron chi connectivity index (χ1n) is 7.82. The van der Waals surface area contributed by atoms with Crippen LogP contribution in [0.2, 0.25) is 5.02 Å². The van der Waals surface area contributed by atoms with E-state index in [0.717, 1.165) is 5.69 Å². The summed E-state index contributed by atoms with van der Waals surface area (Å²) in [6, 6.07) is 6.69. The van der Waals surface area contributed by atoms with Crippen LogP contribution in [-0.2, 0) is 16.1 Å². The third-order valence-electron chi connectivity index (χ3n) is 3.92. The highest BCUT2D eigenvalue weighted by Crippen LogP contribution is 2.24. The molecule has 0 aliphatic carbocycles. The molecule has 2 heterocycles. The lowest BCUT2D eigenvalue weighted by molar-refractivity contribution is -0.126. The van der Waals surface area contributed by atoms with Crippen LogP contribution in [0.4, 0.5) is 5.69 Å². The Morgan fingerprint density at radius 3 is 3.04 bits per heavy atom. The van der Waals surface area contributed by atoms with E-state index in [2.05, 4.69) is 15.4 Å². The number of hydrogen-bond acceptors (Lipinski definition) is 4. The van der Waals surface area contributed by atoms with Crippen molar-refractivity contribution in [1.82, 2.24) is 20.1 Å². The molecule has 2 amide bonds. The molecule has 2 aromatic rings.